The number of nitrogens with zero attached hydrogens (tertiary/aromatic N) is 1. The van der Waals surface area contributed by atoms with Crippen LogP contribution in [0.2, 0.25) is 0 Å². The molecule has 2 aromatic rings. The Labute approximate surface area is 159 Å². The maximum absolute atomic E-state index is 13.3. The van der Waals surface area contributed by atoms with Crippen LogP contribution < -0.4 is 5.32 Å². The van der Waals surface area contributed by atoms with Crippen LogP contribution in [0.15, 0.2) is 48.5 Å². The number of halogens is 3. The standard InChI is InChI=1S/C22H27F3N2/c1-16(2)17-7-9-18(10-8-17)21(27-13-4-11-26-12-14-27)19-5-3-6-20(15-19)22(23,24)25/h3,5-10,15-16,21,26H,4,11-14H2,1-2H3. The summed E-state index contributed by atoms with van der Waals surface area (Å²) in [4.78, 5) is 2.29. The summed E-state index contributed by atoms with van der Waals surface area (Å²) in [7, 11) is 0. The van der Waals surface area contributed by atoms with E-state index in [1.807, 2.05) is 6.07 Å². The van der Waals surface area contributed by atoms with Crippen LogP contribution in [0.5, 0.6) is 0 Å². The molecular weight excluding hydrogens is 349 g/mol. The summed E-state index contributed by atoms with van der Waals surface area (Å²) >= 11 is 0. The van der Waals surface area contributed by atoms with E-state index >= 15 is 0 Å². The molecule has 0 bridgehead atoms. The average molecular weight is 376 g/mol. The molecule has 0 amide bonds. The zero-order valence-electron chi connectivity index (χ0n) is 15.9. The summed E-state index contributed by atoms with van der Waals surface area (Å²) in [5.41, 5.74) is 2.39. The Morgan fingerprint density at radius 1 is 0.889 bits per heavy atom. The highest BCUT2D eigenvalue weighted by molar-refractivity contribution is 5.37. The van der Waals surface area contributed by atoms with Gasteiger partial charge in [-0.3, -0.25) is 4.90 Å². The highest BCUT2D eigenvalue weighted by Gasteiger charge is 2.32. The molecule has 0 aliphatic carbocycles. The quantitative estimate of drug-likeness (QED) is 0.788. The van der Waals surface area contributed by atoms with E-state index in [-0.39, 0.29) is 6.04 Å². The van der Waals surface area contributed by atoms with Crippen LogP contribution in [0, 0.1) is 0 Å². The van der Waals surface area contributed by atoms with Crippen molar-refractivity contribution in [3.05, 3.63) is 70.8 Å². The zero-order chi connectivity index (χ0) is 19.4. The molecule has 1 atom stereocenters. The minimum atomic E-state index is -4.33. The minimum Gasteiger partial charge on any atom is -0.315 e. The molecule has 1 N–H and O–H groups in total. The predicted octanol–water partition coefficient (Wildman–Crippen LogP) is 5.21. The van der Waals surface area contributed by atoms with Crippen LogP contribution in [-0.2, 0) is 6.18 Å². The molecule has 0 radical (unpaired) electrons. The van der Waals surface area contributed by atoms with Gasteiger partial charge in [-0.1, -0.05) is 50.2 Å². The predicted molar refractivity (Wildman–Crippen MR) is 103 cm³/mol. The highest BCUT2D eigenvalue weighted by Crippen LogP contribution is 2.35. The van der Waals surface area contributed by atoms with Crippen LogP contribution >= 0.6 is 0 Å². The molecule has 0 saturated carbocycles. The SMILES string of the molecule is CC(C)c1ccc(C(c2cccc(C(F)(F)F)c2)N2CCCNCC2)cc1. The van der Waals surface area contributed by atoms with Crippen molar-refractivity contribution >= 4 is 0 Å². The van der Waals surface area contributed by atoms with Gasteiger partial charge in [0.15, 0.2) is 0 Å². The molecule has 3 rings (SSSR count). The number of hydrogen-bond donors (Lipinski definition) is 1. The molecule has 1 unspecified atom stereocenters. The smallest absolute Gasteiger partial charge is 0.315 e. The first kappa shape index (κ1) is 19.9. The van der Waals surface area contributed by atoms with Crippen molar-refractivity contribution in [3.8, 4) is 0 Å². The molecule has 27 heavy (non-hydrogen) atoms. The second kappa shape index (κ2) is 8.44. The second-order valence-electron chi connectivity index (χ2n) is 7.49. The maximum atomic E-state index is 13.3. The van der Waals surface area contributed by atoms with Gasteiger partial charge in [0, 0.05) is 19.6 Å². The molecule has 1 aliphatic rings. The van der Waals surface area contributed by atoms with E-state index in [1.54, 1.807) is 0 Å². The molecule has 2 nitrogen and oxygen atoms in total. The van der Waals surface area contributed by atoms with Gasteiger partial charge in [-0.2, -0.15) is 13.2 Å². The van der Waals surface area contributed by atoms with Crippen LogP contribution in [-0.4, -0.2) is 31.1 Å². The van der Waals surface area contributed by atoms with E-state index < -0.39 is 11.7 Å². The first-order valence-corrected chi connectivity index (χ1v) is 9.58. The molecule has 0 aromatic heterocycles. The normalized spacial score (nSPS) is 17.7. The third-order valence-corrected chi connectivity index (χ3v) is 5.19. The van der Waals surface area contributed by atoms with Gasteiger partial charge in [-0.15, -0.1) is 0 Å². The number of rotatable bonds is 4. The molecule has 1 saturated heterocycles. The van der Waals surface area contributed by atoms with E-state index in [2.05, 4.69) is 48.3 Å². The van der Waals surface area contributed by atoms with Gasteiger partial charge in [0.25, 0.3) is 0 Å². The largest absolute Gasteiger partial charge is 0.416 e. The van der Waals surface area contributed by atoms with Crippen molar-refractivity contribution in [1.29, 1.82) is 0 Å². The fourth-order valence-electron chi connectivity index (χ4n) is 3.69. The molecule has 0 spiro atoms. The Morgan fingerprint density at radius 2 is 1.59 bits per heavy atom. The van der Waals surface area contributed by atoms with Gasteiger partial charge in [0.2, 0.25) is 0 Å². The lowest BCUT2D eigenvalue weighted by Gasteiger charge is -2.32. The number of hydrogen-bond acceptors (Lipinski definition) is 2. The van der Waals surface area contributed by atoms with Crippen molar-refractivity contribution in [2.24, 2.45) is 0 Å². The van der Waals surface area contributed by atoms with Crippen LogP contribution in [0.4, 0.5) is 13.2 Å². The van der Waals surface area contributed by atoms with Gasteiger partial charge in [-0.05, 0) is 47.7 Å². The number of alkyl halides is 3. The first-order chi connectivity index (χ1) is 12.9. The van der Waals surface area contributed by atoms with E-state index in [1.165, 1.54) is 17.7 Å². The maximum Gasteiger partial charge on any atom is 0.416 e. The number of nitrogens with one attached hydrogen (secondary N) is 1. The average Bonchev–Trinajstić information content (AvgIpc) is 2.91. The summed E-state index contributed by atoms with van der Waals surface area (Å²) in [5, 5.41) is 3.37. The van der Waals surface area contributed by atoms with Crippen molar-refractivity contribution < 1.29 is 13.2 Å². The fourth-order valence-corrected chi connectivity index (χ4v) is 3.69. The summed E-state index contributed by atoms with van der Waals surface area (Å²) in [6, 6.07) is 13.9. The van der Waals surface area contributed by atoms with E-state index in [4.69, 9.17) is 0 Å². The van der Waals surface area contributed by atoms with Crippen molar-refractivity contribution in [2.75, 3.05) is 26.2 Å². The molecule has 1 fully saturated rings. The lowest BCUT2D eigenvalue weighted by molar-refractivity contribution is -0.137. The summed E-state index contributed by atoms with van der Waals surface area (Å²) in [5.74, 6) is 0.424. The Morgan fingerprint density at radius 3 is 2.26 bits per heavy atom. The van der Waals surface area contributed by atoms with E-state index in [9.17, 15) is 13.2 Å². The van der Waals surface area contributed by atoms with Crippen LogP contribution in [0.25, 0.3) is 0 Å². The van der Waals surface area contributed by atoms with E-state index in [0.717, 1.165) is 44.2 Å². The van der Waals surface area contributed by atoms with Crippen molar-refractivity contribution in [3.63, 3.8) is 0 Å². The Hall–Kier alpha value is -1.85. The Balaban J connectivity index is 2.02. The lowest BCUT2D eigenvalue weighted by Crippen LogP contribution is -2.33. The third kappa shape index (κ3) is 4.90. The van der Waals surface area contributed by atoms with Crippen molar-refractivity contribution in [2.45, 2.75) is 38.4 Å². The van der Waals surface area contributed by atoms with Gasteiger partial charge in [0.1, 0.15) is 0 Å². The number of benzene rings is 2. The molecule has 2 aromatic carbocycles. The molecular formula is C22H27F3N2. The minimum absolute atomic E-state index is 0.173. The van der Waals surface area contributed by atoms with Gasteiger partial charge < -0.3 is 5.32 Å². The summed E-state index contributed by atoms with van der Waals surface area (Å²) in [6.45, 7) is 7.74. The molecule has 5 heteroatoms. The molecule has 146 valence electrons. The second-order valence-corrected chi connectivity index (χ2v) is 7.49. The van der Waals surface area contributed by atoms with Gasteiger partial charge in [0.05, 0.1) is 11.6 Å². The fraction of sp³-hybridized carbons (Fsp3) is 0.455. The zero-order valence-corrected chi connectivity index (χ0v) is 15.9. The van der Waals surface area contributed by atoms with E-state index in [0.29, 0.717) is 11.5 Å². The van der Waals surface area contributed by atoms with Crippen LogP contribution in [0.1, 0.15) is 54.5 Å². The Bertz CT molecular complexity index is 730. The first-order valence-electron chi connectivity index (χ1n) is 9.58. The summed E-state index contributed by atoms with van der Waals surface area (Å²) < 4.78 is 39.8. The van der Waals surface area contributed by atoms with Gasteiger partial charge >= 0.3 is 6.18 Å². The highest BCUT2D eigenvalue weighted by atomic mass is 19.4. The lowest BCUT2D eigenvalue weighted by atomic mass is 9.93. The molecule has 1 aliphatic heterocycles. The van der Waals surface area contributed by atoms with Crippen LogP contribution in [0.3, 0.4) is 0 Å². The Kier molecular flexibility index (Phi) is 6.22. The van der Waals surface area contributed by atoms with Crippen molar-refractivity contribution in [1.82, 2.24) is 10.2 Å². The van der Waals surface area contributed by atoms with Gasteiger partial charge in [-0.25, -0.2) is 0 Å². The summed E-state index contributed by atoms with van der Waals surface area (Å²) in [6.07, 6.45) is -3.35. The topological polar surface area (TPSA) is 15.3 Å². The molecule has 1 heterocycles. The monoisotopic (exact) mass is 376 g/mol. The third-order valence-electron chi connectivity index (χ3n) is 5.19.